The van der Waals surface area contributed by atoms with Crippen LogP contribution in [0, 0.1) is 0 Å². The van der Waals surface area contributed by atoms with E-state index in [0.717, 1.165) is 32.5 Å². The summed E-state index contributed by atoms with van der Waals surface area (Å²) in [5.41, 5.74) is 11.3. The van der Waals surface area contributed by atoms with Crippen molar-refractivity contribution in [2.45, 2.75) is 31.5 Å². The lowest BCUT2D eigenvalue weighted by Gasteiger charge is -2.35. The van der Waals surface area contributed by atoms with Crippen molar-refractivity contribution in [2.24, 2.45) is 5.11 Å². The van der Waals surface area contributed by atoms with Gasteiger partial charge in [-0.3, -0.25) is 4.90 Å². The molecule has 1 aromatic rings. The molecule has 2 aliphatic heterocycles. The summed E-state index contributed by atoms with van der Waals surface area (Å²) in [5, 5.41) is 3.67. The summed E-state index contributed by atoms with van der Waals surface area (Å²) in [6.45, 7) is 3.27. The Balaban J connectivity index is 1.71. The first-order chi connectivity index (χ1) is 9.38. The number of hydrogen-bond acceptors (Lipinski definition) is 3. The van der Waals surface area contributed by atoms with Crippen molar-refractivity contribution < 1.29 is 4.74 Å². The highest BCUT2D eigenvalue weighted by molar-refractivity contribution is 5.29. The van der Waals surface area contributed by atoms with Crippen molar-refractivity contribution >= 4 is 0 Å². The molecule has 3 rings (SSSR count). The second-order valence-corrected chi connectivity index (χ2v) is 5.17. The first-order valence-corrected chi connectivity index (χ1v) is 6.82. The third-order valence-electron chi connectivity index (χ3n) is 4.13. The molecule has 0 aromatic heterocycles. The summed E-state index contributed by atoms with van der Waals surface area (Å²) in [6, 6.07) is 9.02. The molecule has 5 heteroatoms. The Hall–Kier alpha value is -1.55. The molecule has 0 unspecified atom stereocenters. The molecule has 0 N–H and O–H groups in total. The smallest absolute Gasteiger partial charge is 0.0787 e. The van der Waals surface area contributed by atoms with Gasteiger partial charge in [-0.05, 0) is 29.5 Å². The predicted molar refractivity (Wildman–Crippen MR) is 72.7 cm³/mol. The van der Waals surface area contributed by atoms with Gasteiger partial charge in [-0.25, -0.2) is 0 Å². The summed E-state index contributed by atoms with van der Waals surface area (Å²) in [6.07, 6.45) is 2.19. The maximum atomic E-state index is 8.44. The van der Waals surface area contributed by atoms with Gasteiger partial charge in [-0.2, -0.15) is 0 Å². The van der Waals surface area contributed by atoms with Crippen LogP contribution in [-0.2, 0) is 17.7 Å². The van der Waals surface area contributed by atoms with Crippen molar-refractivity contribution in [3.63, 3.8) is 0 Å². The molecule has 0 amide bonds. The fraction of sp³-hybridized carbons (Fsp3) is 0.571. The number of fused-ring (bicyclic) bond motifs is 1. The van der Waals surface area contributed by atoms with Crippen LogP contribution < -0.4 is 0 Å². The average Bonchev–Trinajstić information content (AvgIpc) is 2.93. The van der Waals surface area contributed by atoms with Gasteiger partial charge in [0.1, 0.15) is 0 Å². The van der Waals surface area contributed by atoms with Crippen LogP contribution in [-0.4, -0.2) is 36.7 Å². The van der Waals surface area contributed by atoms with E-state index in [1.807, 2.05) is 0 Å². The standard InChI is InChI=1S/C14H18N4O/c15-17-16-9-14-13(6-8-19-14)18-7-5-11-3-1-2-4-12(11)10-18/h1-4,13-14H,5-10H2/t13-,14-/m1/s1. The first-order valence-electron chi connectivity index (χ1n) is 6.82. The van der Waals surface area contributed by atoms with Gasteiger partial charge in [0.05, 0.1) is 12.6 Å². The van der Waals surface area contributed by atoms with Gasteiger partial charge in [0.15, 0.2) is 0 Å². The summed E-state index contributed by atoms with van der Waals surface area (Å²) < 4.78 is 5.70. The molecule has 0 aliphatic carbocycles. The molecule has 2 aliphatic rings. The molecule has 5 nitrogen and oxygen atoms in total. The first kappa shape index (κ1) is 12.5. The van der Waals surface area contributed by atoms with Crippen LogP contribution in [0.25, 0.3) is 10.4 Å². The third kappa shape index (κ3) is 2.59. The molecule has 1 saturated heterocycles. The molecular formula is C14H18N4O. The molecule has 2 atom stereocenters. The second kappa shape index (κ2) is 5.61. The highest BCUT2D eigenvalue weighted by Crippen LogP contribution is 2.26. The molecule has 0 spiro atoms. The Kier molecular flexibility index (Phi) is 3.69. The number of benzene rings is 1. The Morgan fingerprint density at radius 2 is 2.21 bits per heavy atom. The molecule has 100 valence electrons. The summed E-state index contributed by atoms with van der Waals surface area (Å²) in [4.78, 5) is 5.32. The Morgan fingerprint density at radius 3 is 3.05 bits per heavy atom. The van der Waals surface area contributed by atoms with E-state index in [-0.39, 0.29) is 6.10 Å². The number of hydrogen-bond donors (Lipinski definition) is 0. The minimum atomic E-state index is 0.0566. The summed E-state index contributed by atoms with van der Waals surface area (Å²) in [5.74, 6) is 0. The largest absolute Gasteiger partial charge is 0.376 e. The van der Waals surface area contributed by atoms with Crippen LogP contribution in [0.3, 0.4) is 0 Å². The van der Waals surface area contributed by atoms with Crippen molar-refractivity contribution in [2.75, 3.05) is 19.7 Å². The highest BCUT2D eigenvalue weighted by Gasteiger charge is 2.33. The van der Waals surface area contributed by atoms with Crippen LogP contribution in [0.1, 0.15) is 17.5 Å². The van der Waals surface area contributed by atoms with Crippen molar-refractivity contribution in [3.8, 4) is 0 Å². The Bertz CT molecular complexity index is 498. The molecule has 0 radical (unpaired) electrons. The van der Waals surface area contributed by atoms with Crippen LogP contribution in [0.15, 0.2) is 29.4 Å². The fourth-order valence-electron chi connectivity index (χ4n) is 3.15. The lowest BCUT2D eigenvalue weighted by molar-refractivity contribution is 0.0617. The van der Waals surface area contributed by atoms with Gasteiger partial charge < -0.3 is 4.74 Å². The van der Waals surface area contributed by atoms with E-state index in [0.29, 0.717) is 12.6 Å². The minimum absolute atomic E-state index is 0.0566. The summed E-state index contributed by atoms with van der Waals surface area (Å²) >= 11 is 0. The van der Waals surface area contributed by atoms with E-state index in [9.17, 15) is 0 Å². The van der Waals surface area contributed by atoms with Gasteiger partial charge >= 0.3 is 0 Å². The monoisotopic (exact) mass is 258 g/mol. The van der Waals surface area contributed by atoms with E-state index in [4.69, 9.17) is 10.3 Å². The van der Waals surface area contributed by atoms with E-state index in [1.165, 1.54) is 11.1 Å². The average molecular weight is 258 g/mol. The van der Waals surface area contributed by atoms with Gasteiger partial charge in [-0.1, -0.05) is 29.4 Å². The fourth-order valence-corrected chi connectivity index (χ4v) is 3.15. The van der Waals surface area contributed by atoms with E-state index < -0.39 is 0 Å². The quantitative estimate of drug-likeness (QED) is 0.475. The predicted octanol–water partition coefficient (Wildman–Crippen LogP) is 2.51. The highest BCUT2D eigenvalue weighted by atomic mass is 16.5. The molecule has 19 heavy (non-hydrogen) atoms. The van der Waals surface area contributed by atoms with Crippen LogP contribution in [0.4, 0.5) is 0 Å². The number of rotatable bonds is 3. The van der Waals surface area contributed by atoms with Gasteiger partial charge in [-0.15, -0.1) is 0 Å². The molecule has 0 bridgehead atoms. The van der Waals surface area contributed by atoms with E-state index in [2.05, 4.69) is 39.2 Å². The van der Waals surface area contributed by atoms with Crippen LogP contribution in [0.5, 0.6) is 0 Å². The molecule has 2 heterocycles. The maximum absolute atomic E-state index is 8.44. The van der Waals surface area contributed by atoms with E-state index >= 15 is 0 Å². The van der Waals surface area contributed by atoms with Crippen molar-refractivity contribution in [3.05, 3.63) is 45.8 Å². The molecule has 1 fully saturated rings. The lowest BCUT2D eigenvalue weighted by Crippen LogP contribution is -2.44. The topological polar surface area (TPSA) is 61.2 Å². The number of ether oxygens (including phenoxy) is 1. The minimum Gasteiger partial charge on any atom is -0.376 e. The number of nitrogens with zero attached hydrogens (tertiary/aromatic N) is 4. The molecule has 0 saturated carbocycles. The zero-order valence-corrected chi connectivity index (χ0v) is 10.9. The third-order valence-corrected chi connectivity index (χ3v) is 4.13. The van der Waals surface area contributed by atoms with Crippen molar-refractivity contribution in [1.29, 1.82) is 0 Å². The van der Waals surface area contributed by atoms with Crippen LogP contribution in [0.2, 0.25) is 0 Å². The van der Waals surface area contributed by atoms with E-state index in [1.54, 1.807) is 0 Å². The Labute approximate surface area is 112 Å². The molecule has 1 aromatic carbocycles. The van der Waals surface area contributed by atoms with Gasteiger partial charge in [0.25, 0.3) is 0 Å². The summed E-state index contributed by atoms with van der Waals surface area (Å²) in [7, 11) is 0. The lowest BCUT2D eigenvalue weighted by atomic mass is 9.97. The second-order valence-electron chi connectivity index (χ2n) is 5.17. The zero-order valence-electron chi connectivity index (χ0n) is 10.9. The van der Waals surface area contributed by atoms with Crippen molar-refractivity contribution in [1.82, 2.24) is 4.90 Å². The number of azide groups is 1. The van der Waals surface area contributed by atoms with Gasteiger partial charge in [0, 0.05) is 30.6 Å². The maximum Gasteiger partial charge on any atom is 0.0787 e. The molecular weight excluding hydrogens is 240 g/mol. The zero-order chi connectivity index (χ0) is 13.1. The Morgan fingerprint density at radius 1 is 1.37 bits per heavy atom. The van der Waals surface area contributed by atoms with Crippen LogP contribution >= 0.6 is 0 Å². The SMILES string of the molecule is [N-]=[N+]=NC[C@H]1OCC[C@H]1N1CCc2ccccc2C1. The van der Waals surface area contributed by atoms with Gasteiger partial charge in [0.2, 0.25) is 0 Å². The normalized spacial score (nSPS) is 26.7.